The van der Waals surface area contributed by atoms with E-state index in [-0.39, 0.29) is 30.1 Å². The number of imidazole rings is 1. The molecule has 0 spiro atoms. The van der Waals surface area contributed by atoms with Gasteiger partial charge in [0.15, 0.2) is 5.82 Å². The van der Waals surface area contributed by atoms with Crippen LogP contribution in [-0.2, 0) is 11.3 Å². The Labute approximate surface area is 233 Å². The Hall–Kier alpha value is -3.43. The van der Waals surface area contributed by atoms with Gasteiger partial charge in [-0.3, -0.25) is 4.79 Å². The number of ether oxygens (including phenoxy) is 2. The second-order valence-corrected chi connectivity index (χ2v) is 12.3. The summed E-state index contributed by atoms with van der Waals surface area (Å²) in [7, 11) is 3.46. The third kappa shape index (κ3) is 3.63. The summed E-state index contributed by atoms with van der Waals surface area (Å²) in [6, 6.07) is 10.6. The number of carbonyl (C=O) groups is 1. The zero-order chi connectivity index (χ0) is 27.1. The standard InChI is InChI=1S/C31H36N6O3/c1-39-22-13-21(14-22)37-28-23(10-20(12-26(28)40-2)31(38)36-16-19-7-8-24(36)27(19)32)34-30(37)25-11-18-4-3-9-33-29(18)35(25)15-17-5-6-17/h3-4,9-12,17,19,21-22,24,27H,5-8,13-16,32H2,1-2H3. The highest BCUT2D eigenvalue weighted by atomic mass is 16.5. The molecule has 208 valence electrons. The molecule has 8 rings (SSSR count). The molecule has 40 heavy (non-hydrogen) atoms. The summed E-state index contributed by atoms with van der Waals surface area (Å²) in [5.41, 5.74) is 10.8. The number of rotatable bonds is 7. The fourth-order valence-electron chi connectivity index (χ4n) is 7.41. The predicted octanol–water partition coefficient (Wildman–Crippen LogP) is 4.38. The van der Waals surface area contributed by atoms with E-state index in [1.165, 1.54) is 12.8 Å². The number of likely N-dealkylation sites (tertiary alicyclic amines) is 1. The first-order valence-electron chi connectivity index (χ1n) is 14.7. The fourth-order valence-corrected chi connectivity index (χ4v) is 7.41. The monoisotopic (exact) mass is 540 g/mol. The van der Waals surface area contributed by atoms with Crippen LogP contribution in [0, 0.1) is 11.8 Å². The molecular formula is C31H36N6O3. The van der Waals surface area contributed by atoms with Gasteiger partial charge in [-0.1, -0.05) is 0 Å². The molecule has 1 aromatic carbocycles. The molecule has 0 radical (unpaired) electrons. The Morgan fingerprint density at radius 2 is 1.98 bits per heavy atom. The summed E-state index contributed by atoms with van der Waals surface area (Å²) in [4.78, 5) is 25.8. The van der Waals surface area contributed by atoms with Crippen molar-refractivity contribution in [2.24, 2.45) is 17.6 Å². The van der Waals surface area contributed by atoms with Crippen LogP contribution in [-0.4, -0.2) is 68.9 Å². The van der Waals surface area contributed by atoms with Gasteiger partial charge >= 0.3 is 0 Å². The largest absolute Gasteiger partial charge is 0.494 e. The van der Waals surface area contributed by atoms with Crippen molar-refractivity contribution < 1.29 is 14.3 Å². The minimum absolute atomic E-state index is 0.0223. The number of carbonyl (C=O) groups excluding carboxylic acids is 1. The molecule has 2 N–H and O–H groups in total. The van der Waals surface area contributed by atoms with Gasteiger partial charge in [0.1, 0.15) is 16.9 Å². The molecule has 4 heterocycles. The molecule has 4 fully saturated rings. The molecule has 1 saturated heterocycles. The van der Waals surface area contributed by atoms with E-state index in [2.05, 4.69) is 21.3 Å². The van der Waals surface area contributed by atoms with E-state index in [9.17, 15) is 4.79 Å². The van der Waals surface area contributed by atoms with Gasteiger partial charge in [-0.05, 0) is 80.7 Å². The molecule has 9 nitrogen and oxygen atoms in total. The highest BCUT2D eigenvalue weighted by Gasteiger charge is 2.47. The quantitative estimate of drug-likeness (QED) is 0.373. The minimum Gasteiger partial charge on any atom is -0.494 e. The van der Waals surface area contributed by atoms with Gasteiger partial charge in [-0.25, -0.2) is 9.97 Å². The van der Waals surface area contributed by atoms with Crippen LogP contribution in [0.25, 0.3) is 33.6 Å². The molecule has 4 aromatic rings. The van der Waals surface area contributed by atoms with Crippen LogP contribution < -0.4 is 10.5 Å². The van der Waals surface area contributed by atoms with Gasteiger partial charge in [0.2, 0.25) is 0 Å². The zero-order valence-corrected chi connectivity index (χ0v) is 23.1. The van der Waals surface area contributed by atoms with E-state index < -0.39 is 0 Å². The maximum Gasteiger partial charge on any atom is 0.254 e. The Balaban J connectivity index is 1.29. The lowest BCUT2D eigenvalue weighted by Gasteiger charge is -2.36. The second-order valence-electron chi connectivity index (χ2n) is 12.3. The van der Waals surface area contributed by atoms with E-state index in [0.29, 0.717) is 23.1 Å². The number of nitrogens with two attached hydrogens (primary N) is 1. The lowest BCUT2D eigenvalue weighted by Crippen LogP contribution is -2.41. The maximum absolute atomic E-state index is 13.8. The first-order chi connectivity index (χ1) is 19.5. The number of hydrogen-bond donors (Lipinski definition) is 1. The fraction of sp³-hybridized carbons (Fsp3) is 0.516. The van der Waals surface area contributed by atoms with Crippen molar-refractivity contribution in [3.8, 4) is 17.3 Å². The van der Waals surface area contributed by atoms with Crippen LogP contribution in [0.3, 0.4) is 0 Å². The Bertz CT molecular complexity index is 1630. The summed E-state index contributed by atoms with van der Waals surface area (Å²) in [5, 5.41) is 1.11. The van der Waals surface area contributed by atoms with Crippen molar-refractivity contribution in [1.82, 2.24) is 24.0 Å². The molecule has 3 atom stereocenters. The van der Waals surface area contributed by atoms with Crippen LogP contribution in [0.2, 0.25) is 0 Å². The van der Waals surface area contributed by atoms with E-state index in [0.717, 1.165) is 72.4 Å². The van der Waals surface area contributed by atoms with Crippen LogP contribution >= 0.6 is 0 Å². The highest BCUT2D eigenvalue weighted by Crippen LogP contribution is 2.45. The smallest absolute Gasteiger partial charge is 0.254 e. The lowest BCUT2D eigenvalue weighted by molar-refractivity contribution is 0.00771. The number of benzene rings is 1. The van der Waals surface area contributed by atoms with Crippen molar-refractivity contribution >= 4 is 28.0 Å². The molecule has 3 aromatic heterocycles. The summed E-state index contributed by atoms with van der Waals surface area (Å²) >= 11 is 0. The Kier molecular flexibility index (Phi) is 5.51. The normalized spacial score (nSPS) is 27.6. The maximum atomic E-state index is 13.8. The van der Waals surface area contributed by atoms with Crippen LogP contribution in [0.15, 0.2) is 36.5 Å². The molecule has 3 saturated carbocycles. The summed E-state index contributed by atoms with van der Waals surface area (Å²) in [5.74, 6) is 2.68. The number of amides is 1. The molecule has 3 unspecified atom stereocenters. The minimum atomic E-state index is 0.0223. The van der Waals surface area contributed by atoms with Gasteiger partial charge in [-0.2, -0.15) is 0 Å². The van der Waals surface area contributed by atoms with Crippen LogP contribution in [0.4, 0.5) is 0 Å². The predicted molar refractivity (Wildman–Crippen MR) is 152 cm³/mol. The number of piperidine rings is 1. The number of pyridine rings is 1. The first kappa shape index (κ1) is 24.4. The van der Waals surface area contributed by atoms with Crippen molar-refractivity contribution in [3.05, 3.63) is 42.1 Å². The SMILES string of the molecule is COc1cc(C(=O)N2CC3CCC2C3N)cc2nc(-c3cc4cccnc4n3CC3CC3)n(C3CC(OC)C3)c12. The highest BCUT2D eigenvalue weighted by molar-refractivity contribution is 6.00. The second kappa shape index (κ2) is 9.04. The molecule has 1 aliphatic heterocycles. The lowest BCUT2D eigenvalue weighted by atomic mass is 9.88. The summed E-state index contributed by atoms with van der Waals surface area (Å²) in [6.07, 6.45) is 8.52. The van der Waals surface area contributed by atoms with Crippen molar-refractivity contribution in [3.63, 3.8) is 0 Å². The number of aromatic nitrogens is 4. The molecule has 2 bridgehead atoms. The van der Waals surface area contributed by atoms with Crippen LogP contribution in [0.1, 0.15) is 54.9 Å². The van der Waals surface area contributed by atoms with E-state index in [1.54, 1.807) is 14.2 Å². The van der Waals surface area contributed by atoms with Crippen molar-refractivity contribution in [2.75, 3.05) is 20.8 Å². The number of methoxy groups -OCH3 is 2. The van der Waals surface area contributed by atoms with Gasteiger partial charge in [-0.15, -0.1) is 0 Å². The Morgan fingerprint density at radius 1 is 1.12 bits per heavy atom. The van der Waals surface area contributed by atoms with Gasteiger partial charge in [0.25, 0.3) is 5.91 Å². The van der Waals surface area contributed by atoms with Crippen LogP contribution in [0.5, 0.6) is 5.75 Å². The zero-order valence-electron chi connectivity index (χ0n) is 23.1. The summed E-state index contributed by atoms with van der Waals surface area (Å²) in [6.45, 7) is 1.67. The summed E-state index contributed by atoms with van der Waals surface area (Å²) < 4.78 is 16.3. The van der Waals surface area contributed by atoms with E-state index in [4.69, 9.17) is 25.2 Å². The topological polar surface area (TPSA) is 100 Å². The van der Waals surface area contributed by atoms with Crippen molar-refractivity contribution in [2.45, 2.75) is 69.3 Å². The molecular weight excluding hydrogens is 504 g/mol. The van der Waals surface area contributed by atoms with Gasteiger partial charge in [0, 0.05) is 55.5 Å². The third-order valence-electron chi connectivity index (χ3n) is 9.92. The number of fused-ring (bicyclic) bond motifs is 4. The molecule has 3 aliphatic carbocycles. The Morgan fingerprint density at radius 3 is 2.67 bits per heavy atom. The first-order valence-corrected chi connectivity index (χ1v) is 14.7. The average Bonchev–Trinajstić information content (AvgIpc) is 3.29. The van der Waals surface area contributed by atoms with E-state index in [1.807, 2.05) is 29.3 Å². The van der Waals surface area contributed by atoms with Gasteiger partial charge in [0.05, 0.1) is 24.4 Å². The van der Waals surface area contributed by atoms with Gasteiger partial charge < -0.3 is 29.2 Å². The molecule has 9 heteroatoms. The number of hydrogen-bond acceptors (Lipinski definition) is 6. The number of nitrogens with zero attached hydrogens (tertiary/aromatic N) is 5. The third-order valence-corrected chi connectivity index (χ3v) is 9.92. The van der Waals surface area contributed by atoms with E-state index >= 15 is 0 Å². The molecule has 1 amide bonds. The molecule has 4 aliphatic rings. The average molecular weight is 541 g/mol. The van der Waals surface area contributed by atoms with Crippen molar-refractivity contribution in [1.29, 1.82) is 0 Å².